The number of hydrogen-bond donors (Lipinski definition) is 1. The molecule has 37 heavy (non-hydrogen) atoms. The average Bonchev–Trinajstić information content (AvgIpc) is 3.32. The van der Waals surface area contributed by atoms with Crippen molar-refractivity contribution in [1.82, 2.24) is 19.5 Å². The lowest BCUT2D eigenvalue weighted by Gasteiger charge is -2.17. The second kappa shape index (κ2) is 10.5. The Morgan fingerprint density at radius 2 is 1.62 bits per heavy atom. The van der Waals surface area contributed by atoms with Gasteiger partial charge in [-0.2, -0.15) is 0 Å². The van der Waals surface area contributed by atoms with Gasteiger partial charge in [-0.15, -0.1) is 10.2 Å². The summed E-state index contributed by atoms with van der Waals surface area (Å²) in [5.41, 5.74) is 2.86. The molecular weight excluding hydrogens is 507 g/mol. The molecule has 0 aliphatic rings. The summed E-state index contributed by atoms with van der Waals surface area (Å²) < 4.78 is 44.9. The molecule has 5 aromatic rings. The number of halogens is 1. The Balaban J connectivity index is 1.48. The van der Waals surface area contributed by atoms with Gasteiger partial charge in [0.1, 0.15) is 5.82 Å². The van der Waals surface area contributed by atoms with Gasteiger partial charge in [0, 0.05) is 16.8 Å². The highest BCUT2D eigenvalue weighted by Gasteiger charge is 2.26. The van der Waals surface area contributed by atoms with E-state index in [1.165, 1.54) is 23.9 Å². The van der Waals surface area contributed by atoms with Gasteiger partial charge in [-0.3, -0.25) is 4.57 Å². The van der Waals surface area contributed by atoms with E-state index in [0.717, 1.165) is 22.2 Å². The quantitative estimate of drug-likeness (QED) is 0.241. The standard InChI is InChI=1S/C28H25FN4O2S2/c1-19-10-16-24(17-11-19)33-27(30-31-28(33)36-18-21-12-14-23(29)15-13-21)20(2)32-37(34,35)26-9-5-7-22-6-3-4-8-25(22)26/h3-17,20,32H,18H2,1-2H3. The first kappa shape index (κ1) is 25.1. The predicted molar refractivity (Wildman–Crippen MR) is 145 cm³/mol. The van der Waals surface area contributed by atoms with Crippen molar-refractivity contribution in [3.63, 3.8) is 0 Å². The van der Waals surface area contributed by atoms with Crippen molar-refractivity contribution in [3.05, 3.63) is 114 Å². The van der Waals surface area contributed by atoms with Gasteiger partial charge in [-0.1, -0.05) is 78.0 Å². The zero-order chi connectivity index (χ0) is 26.0. The zero-order valence-electron chi connectivity index (χ0n) is 20.3. The van der Waals surface area contributed by atoms with Crippen molar-refractivity contribution in [2.75, 3.05) is 0 Å². The van der Waals surface area contributed by atoms with Crippen LogP contribution in [0, 0.1) is 12.7 Å². The van der Waals surface area contributed by atoms with Gasteiger partial charge in [-0.25, -0.2) is 17.5 Å². The molecule has 188 valence electrons. The molecule has 1 aromatic heterocycles. The second-order valence-corrected chi connectivity index (χ2v) is 11.4. The van der Waals surface area contributed by atoms with E-state index in [9.17, 15) is 12.8 Å². The van der Waals surface area contributed by atoms with Crippen molar-refractivity contribution in [1.29, 1.82) is 0 Å². The Bertz CT molecular complexity index is 1650. The number of hydrogen-bond acceptors (Lipinski definition) is 5. The summed E-state index contributed by atoms with van der Waals surface area (Å²) >= 11 is 1.45. The molecule has 0 radical (unpaired) electrons. The van der Waals surface area contributed by atoms with Crippen LogP contribution in [0.4, 0.5) is 4.39 Å². The number of aromatic nitrogens is 3. The number of thioether (sulfide) groups is 1. The van der Waals surface area contributed by atoms with Crippen LogP contribution < -0.4 is 4.72 Å². The van der Waals surface area contributed by atoms with Crippen LogP contribution in [-0.4, -0.2) is 23.2 Å². The third kappa shape index (κ3) is 5.44. The molecule has 1 unspecified atom stereocenters. The fourth-order valence-electron chi connectivity index (χ4n) is 4.10. The van der Waals surface area contributed by atoms with Crippen molar-refractivity contribution in [2.24, 2.45) is 0 Å². The number of benzene rings is 4. The van der Waals surface area contributed by atoms with Crippen molar-refractivity contribution < 1.29 is 12.8 Å². The molecule has 0 aliphatic carbocycles. The zero-order valence-corrected chi connectivity index (χ0v) is 21.9. The molecule has 0 spiro atoms. The summed E-state index contributed by atoms with van der Waals surface area (Å²) in [6, 6.07) is 26.1. The molecular formula is C28H25FN4O2S2. The maximum Gasteiger partial charge on any atom is 0.241 e. The first-order chi connectivity index (χ1) is 17.8. The van der Waals surface area contributed by atoms with Crippen LogP contribution in [0.25, 0.3) is 16.5 Å². The van der Waals surface area contributed by atoms with Gasteiger partial charge in [-0.05, 0) is 55.1 Å². The molecule has 5 rings (SSSR count). The minimum atomic E-state index is -3.86. The Labute approximate surface area is 219 Å². The molecule has 0 amide bonds. The van der Waals surface area contributed by atoms with E-state index in [2.05, 4.69) is 14.9 Å². The van der Waals surface area contributed by atoms with Crippen molar-refractivity contribution in [2.45, 2.75) is 35.7 Å². The highest BCUT2D eigenvalue weighted by Crippen LogP contribution is 2.29. The van der Waals surface area contributed by atoms with E-state index in [1.807, 2.05) is 60.0 Å². The van der Waals surface area contributed by atoms with Gasteiger partial charge in [0.05, 0.1) is 10.9 Å². The lowest BCUT2D eigenvalue weighted by molar-refractivity contribution is 0.557. The maximum absolute atomic E-state index is 13.5. The number of rotatable bonds is 8. The molecule has 0 bridgehead atoms. The molecule has 1 N–H and O–H groups in total. The summed E-state index contributed by atoms with van der Waals surface area (Å²) in [5.74, 6) is 0.737. The van der Waals surface area contributed by atoms with Crippen LogP contribution in [0.5, 0.6) is 0 Å². The number of sulfonamides is 1. The van der Waals surface area contributed by atoms with Crippen LogP contribution >= 0.6 is 11.8 Å². The molecule has 9 heteroatoms. The lowest BCUT2D eigenvalue weighted by Crippen LogP contribution is -2.29. The third-order valence-corrected chi connectivity index (χ3v) is 8.59. The second-order valence-electron chi connectivity index (χ2n) is 8.75. The minimum Gasteiger partial charge on any atom is -0.273 e. The molecule has 0 aliphatic heterocycles. The summed E-state index contributed by atoms with van der Waals surface area (Å²) in [7, 11) is -3.86. The molecule has 0 saturated carbocycles. The summed E-state index contributed by atoms with van der Waals surface area (Å²) in [6.45, 7) is 3.76. The summed E-state index contributed by atoms with van der Waals surface area (Å²) in [5, 5.41) is 10.9. The Morgan fingerprint density at radius 3 is 2.38 bits per heavy atom. The Kier molecular flexibility index (Phi) is 7.10. The minimum absolute atomic E-state index is 0.213. The Morgan fingerprint density at radius 1 is 0.919 bits per heavy atom. The average molecular weight is 533 g/mol. The molecule has 6 nitrogen and oxygen atoms in total. The van der Waals surface area contributed by atoms with Gasteiger partial charge in [0.15, 0.2) is 11.0 Å². The molecule has 4 aromatic carbocycles. The monoisotopic (exact) mass is 532 g/mol. The number of fused-ring (bicyclic) bond motifs is 1. The molecule has 0 saturated heterocycles. The molecule has 1 atom stereocenters. The van der Waals surface area contributed by atoms with Crippen LogP contribution in [-0.2, 0) is 15.8 Å². The summed E-state index contributed by atoms with van der Waals surface area (Å²) in [6.07, 6.45) is 0. The highest BCUT2D eigenvalue weighted by molar-refractivity contribution is 7.98. The molecule has 0 fully saturated rings. The molecule has 1 heterocycles. The van der Waals surface area contributed by atoms with Gasteiger partial charge >= 0.3 is 0 Å². The predicted octanol–water partition coefficient (Wildman–Crippen LogP) is 6.20. The SMILES string of the molecule is Cc1ccc(-n2c(SCc3ccc(F)cc3)nnc2C(C)NS(=O)(=O)c2cccc3ccccc23)cc1. The van der Waals surface area contributed by atoms with Crippen molar-refractivity contribution >= 4 is 32.6 Å². The largest absolute Gasteiger partial charge is 0.273 e. The Hall–Kier alpha value is -3.53. The topological polar surface area (TPSA) is 76.9 Å². The third-order valence-electron chi connectivity index (χ3n) is 5.99. The van der Waals surface area contributed by atoms with E-state index in [4.69, 9.17) is 0 Å². The highest BCUT2D eigenvalue weighted by atomic mass is 32.2. The van der Waals surface area contributed by atoms with E-state index in [0.29, 0.717) is 22.1 Å². The number of aryl methyl sites for hydroxylation is 1. The van der Waals surface area contributed by atoms with Crippen molar-refractivity contribution in [3.8, 4) is 5.69 Å². The summed E-state index contributed by atoms with van der Waals surface area (Å²) in [4.78, 5) is 0.213. The maximum atomic E-state index is 13.5. The smallest absolute Gasteiger partial charge is 0.241 e. The van der Waals surface area contributed by atoms with Gasteiger partial charge in [0.25, 0.3) is 0 Å². The van der Waals surface area contributed by atoms with Crippen LogP contribution in [0.3, 0.4) is 0 Å². The van der Waals surface area contributed by atoms with Crippen LogP contribution in [0.1, 0.15) is 29.9 Å². The first-order valence-electron chi connectivity index (χ1n) is 11.7. The fourth-order valence-corrected chi connectivity index (χ4v) is 6.44. The van der Waals surface area contributed by atoms with Gasteiger partial charge < -0.3 is 0 Å². The van der Waals surface area contributed by atoms with E-state index < -0.39 is 16.1 Å². The first-order valence-corrected chi connectivity index (χ1v) is 14.2. The number of nitrogens with zero attached hydrogens (tertiary/aromatic N) is 3. The normalized spacial score (nSPS) is 12.6. The lowest BCUT2D eigenvalue weighted by atomic mass is 10.1. The van der Waals surface area contributed by atoms with Crippen LogP contribution in [0.15, 0.2) is 101 Å². The van der Waals surface area contributed by atoms with Crippen LogP contribution in [0.2, 0.25) is 0 Å². The number of nitrogens with one attached hydrogen (secondary N) is 1. The fraction of sp³-hybridized carbons (Fsp3) is 0.143. The van der Waals surface area contributed by atoms with E-state index in [1.54, 1.807) is 37.3 Å². The van der Waals surface area contributed by atoms with E-state index in [-0.39, 0.29) is 10.7 Å². The van der Waals surface area contributed by atoms with E-state index >= 15 is 0 Å². The van der Waals surface area contributed by atoms with Gasteiger partial charge in [0.2, 0.25) is 10.0 Å².